The molecule has 0 radical (unpaired) electrons. The lowest BCUT2D eigenvalue weighted by Gasteiger charge is -2.05. The second-order valence-corrected chi connectivity index (χ2v) is 4.21. The van der Waals surface area contributed by atoms with E-state index in [4.69, 9.17) is 11.6 Å². The zero-order chi connectivity index (χ0) is 13.1. The second kappa shape index (κ2) is 5.18. The number of hydrogen-bond acceptors (Lipinski definition) is 2. The van der Waals surface area contributed by atoms with Crippen LogP contribution in [0.15, 0.2) is 30.5 Å². The number of nitrogens with one attached hydrogen (secondary N) is 1. The molecule has 2 rings (SSSR count). The molecule has 1 N–H and O–H groups in total. The first-order valence-corrected chi connectivity index (χ1v) is 5.66. The van der Waals surface area contributed by atoms with Crippen LogP contribution in [-0.2, 0) is 18.3 Å². The number of hydrogen-bond donors (Lipinski definition) is 1. The van der Waals surface area contributed by atoms with Crippen LogP contribution in [0.4, 0.5) is 10.2 Å². The molecular formula is C12H11ClFN3O. The summed E-state index contributed by atoms with van der Waals surface area (Å²) in [6.07, 6.45) is 1.58. The standard InChI is InChI=1S/C12H11ClFN3O/c1-17-6-5-11(16-17)15-12(18)7-8-9(13)3-2-4-10(8)14/h2-6H,7H2,1H3,(H,15,16,18). The highest BCUT2D eigenvalue weighted by molar-refractivity contribution is 6.31. The first-order chi connectivity index (χ1) is 8.56. The van der Waals surface area contributed by atoms with Gasteiger partial charge in [0.15, 0.2) is 5.82 Å². The number of halogens is 2. The average molecular weight is 268 g/mol. The van der Waals surface area contributed by atoms with Crippen LogP contribution in [0.3, 0.4) is 0 Å². The summed E-state index contributed by atoms with van der Waals surface area (Å²) in [7, 11) is 1.74. The number of rotatable bonds is 3. The van der Waals surface area contributed by atoms with Crippen LogP contribution in [0, 0.1) is 5.82 Å². The van der Waals surface area contributed by atoms with Crippen molar-refractivity contribution in [1.29, 1.82) is 0 Å². The number of aryl methyl sites for hydroxylation is 1. The Labute approximate surface area is 108 Å². The molecule has 1 amide bonds. The summed E-state index contributed by atoms with van der Waals surface area (Å²) in [5, 5.41) is 6.81. The highest BCUT2D eigenvalue weighted by atomic mass is 35.5. The Morgan fingerprint density at radius 1 is 1.50 bits per heavy atom. The lowest BCUT2D eigenvalue weighted by molar-refractivity contribution is -0.115. The fourth-order valence-corrected chi connectivity index (χ4v) is 1.76. The summed E-state index contributed by atoms with van der Waals surface area (Å²) in [6, 6.07) is 5.97. The third kappa shape index (κ3) is 2.87. The van der Waals surface area contributed by atoms with Crippen molar-refractivity contribution in [2.75, 3.05) is 5.32 Å². The van der Waals surface area contributed by atoms with Gasteiger partial charge in [0, 0.05) is 29.9 Å². The minimum atomic E-state index is -0.487. The van der Waals surface area contributed by atoms with Gasteiger partial charge in [-0.15, -0.1) is 0 Å². The maximum Gasteiger partial charge on any atom is 0.230 e. The van der Waals surface area contributed by atoms with Gasteiger partial charge in [0.1, 0.15) is 5.82 Å². The Bertz CT molecular complexity index is 562. The van der Waals surface area contributed by atoms with Crippen LogP contribution in [0.25, 0.3) is 0 Å². The fraction of sp³-hybridized carbons (Fsp3) is 0.167. The van der Waals surface area contributed by atoms with Gasteiger partial charge in [-0.05, 0) is 12.1 Å². The molecular weight excluding hydrogens is 257 g/mol. The zero-order valence-corrected chi connectivity index (χ0v) is 10.4. The first kappa shape index (κ1) is 12.6. The Morgan fingerprint density at radius 3 is 2.89 bits per heavy atom. The molecule has 1 aromatic heterocycles. The first-order valence-electron chi connectivity index (χ1n) is 5.28. The summed E-state index contributed by atoms with van der Waals surface area (Å²) in [5.74, 6) is -0.422. The number of benzene rings is 1. The third-order valence-electron chi connectivity index (χ3n) is 2.38. The Balaban J connectivity index is 2.08. The van der Waals surface area contributed by atoms with E-state index in [9.17, 15) is 9.18 Å². The number of carbonyl (C=O) groups excluding carboxylic acids is 1. The molecule has 0 spiro atoms. The van der Waals surface area contributed by atoms with Crippen molar-refractivity contribution < 1.29 is 9.18 Å². The highest BCUT2D eigenvalue weighted by Gasteiger charge is 2.12. The maximum absolute atomic E-state index is 13.5. The molecule has 6 heteroatoms. The molecule has 0 aliphatic carbocycles. The Kier molecular flexibility index (Phi) is 3.62. The molecule has 0 fully saturated rings. The molecule has 0 atom stereocenters. The predicted molar refractivity (Wildman–Crippen MR) is 67.0 cm³/mol. The van der Waals surface area contributed by atoms with Crippen molar-refractivity contribution in [3.8, 4) is 0 Å². The minimum Gasteiger partial charge on any atom is -0.309 e. The van der Waals surface area contributed by atoms with Gasteiger partial charge in [-0.25, -0.2) is 4.39 Å². The summed E-state index contributed by atoms with van der Waals surface area (Å²) in [6.45, 7) is 0. The van der Waals surface area contributed by atoms with Crippen molar-refractivity contribution in [1.82, 2.24) is 9.78 Å². The summed E-state index contributed by atoms with van der Waals surface area (Å²) >= 11 is 5.84. The lowest BCUT2D eigenvalue weighted by Crippen LogP contribution is -2.16. The van der Waals surface area contributed by atoms with E-state index < -0.39 is 5.82 Å². The lowest BCUT2D eigenvalue weighted by atomic mass is 10.1. The highest BCUT2D eigenvalue weighted by Crippen LogP contribution is 2.19. The van der Waals surface area contributed by atoms with Gasteiger partial charge >= 0.3 is 0 Å². The van der Waals surface area contributed by atoms with Gasteiger partial charge in [-0.2, -0.15) is 5.10 Å². The molecule has 0 saturated heterocycles. The van der Waals surface area contributed by atoms with E-state index in [-0.39, 0.29) is 22.9 Å². The summed E-state index contributed by atoms with van der Waals surface area (Å²) in [5.41, 5.74) is 0.188. The number of amides is 1. The zero-order valence-electron chi connectivity index (χ0n) is 9.65. The van der Waals surface area contributed by atoms with E-state index in [2.05, 4.69) is 10.4 Å². The second-order valence-electron chi connectivity index (χ2n) is 3.80. The van der Waals surface area contributed by atoms with Gasteiger partial charge in [-0.3, -0.25) is 9.48 Å². The van der Waals surface area contributed by atoms with Crippen LogP contribution >= 0.6 is 11.6 Å². The van der Waals surface area contributed by atoms with Crippen LogP contribution in [0.1, 0.15) is 5.56 Å². The number of aromatic nitrogens is 2. The van der Waals surface area contributed by atoms with E-state index in [0.717, 1.165) is 0 Å². The number of nitrogens with zero attached hydrogens (tertiary/aromatic N) is 2. The van der Waals surface area contributed by atoms with Gasteiger partial charge < -0.3 is 5.32 Å². The fourth-order valence-electron chi connectivity index (χ4n) is 1.53. The smallest absolute Gasteiger partial charge is 0.230 e. The molecule has 0 aliphatic heterocycles. The Morgan fingerprint density at radius 2 is 2.28 bits per heavy atom. The van der Waals surface area contributed by atoms with Gasteiger partial charge in [0.25, 0.3) is 0 Å². The normalized spacial score (nSPS) is 10.4. The van der Waals surface area contributed by atoms with Crippen molar-refractivity contribution in [2.45, 2.75) is 6.42 Å². The van der Waals surface area contributed by atoms with E-state index in [1.54, 1.807) is 30.1 Å². The van der Waals surface area contributed by atoms with Crippen LogP contribution < -0.4 is 5.32 Å². The molecule has 0 saturated carbocycles. The van der Waals surface area contributed by atoms with E-state index >= 15 is 0 Å². The van der Waals surface area contributed by atoms with Crippen LogP contribution in [0.5, 0.6) is 0 Å². The van der Waals surface area contributed by atoms with Crippen molar-refractivity contribution in [2.24, 2.45) is 7.05 Å². The molecule has 4 nitrogen and oxygen atoms in total. The van der Waals surface area contributed by atoms with E-state index in [1.165, 1.54) is 12.1 Å². The third-order valence-corrected chi connectivity index (χ3v) is 2.73. The van der Waals surface area contributed by atoms with E-state index in [0.29, 0.717) is 5.82 Å². The Hall–Kier alpha value is -1.88. The molecule has 0 unspecified atom stereocenters. The van der Waals surface area contributed by atoms with Gasteiger partial charge in [0.05, 0.1) is 6.42 Å². The monoisotopic (exact) mass is 267 g/mol. The predicted octanol–water partition coefficient (Wildman–Crippen LogP) is 2.39. The van der Waals surface area contributed by atoms with E-state index in [1.807, 2.05) is 0 Å². The topological polar surface area (TPSA) is 46.9 Å². The van der Waals surface area contributed by atoms with Crippen molar-refractivity contribution >= 4 is 23.3 Å². The largest absolute Gasteiger partial charge is 0.309 e. The molecule has 1 aromatic carbocycles. The molecule has 0 aliphatic rings. The van der Waals surface area contributed by atoms with Crippen molar-refractivity contribution in [3.63, 3.8) is 0 Å². The molecule has 1 heterocycles. The summed E-state index contributed by atoms with van der Waals surface area (Å²) in [4.78, 5) is 11.7. The summed E-state index contributed by atoms with van der Waals surface area (Å²) < 4.78 is 15.0. The molecule has 2 aromatic rings. The number of anilines is 1. The SMILES string of the molecule is Cn1ccc(NC(=O)Cc2c(F)cccc2Cl)n1. The maximum atomic E-state index is 13.5. The van der Waals surface area contributed by atoms with Crippen LogP contribution in [-0.4, -0.2) is 15.7 Å². The molecule has 0 bridgehead atoms. The van der Waals surface area contributed by atoms with Gasteiger partial charge in [0.2, 0.25) is 5.91 Å². The number of carbonyl (C=O) groups is 1. The molecule has 94 valence electrons. The average Bonchev–Trinajstić information content (AvgIpc) is 2.69. The van der Waals surface area contributed by atoms with Gasteiger partial charge in [-0.1, -0.05) is 17.7 Å². The minimum absolute atomic E-state index is 0.123. The molecule has 18 heavy (non-hydrogen) atoms. The quantitative estimate of drug-likeness (QED) is 0.928. The van der Waals surface area contributed by atoms with Crippen molar-refractivity contribution in [3.05, 3.63) is 46.9 Å². The van der Waals surface area contributed by atoms with Crippen LogP contribution in [0.2, 0.25) is 5.02 Å².